The van der Waals surface area contributed by atoms with Crippen LogP contribution in [0, 0.1) is 0 Å². The molecule has 10 heteroatoms. The fourth-order valence-corrected chi connectivity index (χ4v) is 5.42. The van der Waals surface area contributed by atoms with Crippen molar-refractivity contribution in [1.82, 2.24) is 14.9 Å². The number of rotatable bonds is 3. The van der Waals surface area contributed by atoms with Crippen molar-refractivity contribution >= 4 is 51.1 Å². The molecule has 1 aliphatic rings. The Morgan fingerprint density at radius 2 is 2.07 bits per heavy atom. The average Bonchev–Trinajstić information content (AvgIpc) is 3.38. The monoisotopic (exact) mass is 448 g/mol. The lowest BCUT2D eigenvalue weighted by Crippen LogP contribution is -2.39. The fourth-order valence-electron chi connectivity index (χ4n) is 2.78. The first kappa shape index (κ1) is 20.0. The van der Waals surface area contributed by atoms with Crippen LogP contribution < -0.4 is 5.32 Å². The fraction of sp³-hybridized carbons (Fsp3) is 0.368. The molecule has 1 N–H and O–H groups in total. The molecule has 4 rings (SSSR count). The number of fused-ring (bicyclic) bond motifs is 1. The number of thiazole rings is 2. The van der Waals surface area contributed by atoms with Gasteiger partial charge < -0.3 is 9.64 Å². The van der Waals surface area contributed by atoms with Crippen LogP contribution in [0.2, 0.25) is 0 Å². The molecule has 2 amide bonds. The summed E-state index contributed by atoms with van der Waals surface area (Å²) in [5.74, 6) is -0.279. The van der Waals surface area contributed by atoms with Crippen molar-refractivity contribution in [1.29, 1.82) is 0 Å². The number of ether oxygens (including phenoxy) is 1. The maximum absolute atomic E-state index is 12.6. The second-order valence-electron chi connectivity index (χ2n) is 7.51. The van der Waals surface area contributed by atoms with Gasteiger partial charge in [-0.3, -0.25) is 10.1 Å². The molecule has 0 unspecified atom stereocenters. The first-order valence-electron chi connectivity index (χ1n) is 9.06. The number of aromatic nitrogens is 2. The lowest BCUT2D eigenvalue weighted by atomic mass is 10.2. The van der Waals surface area contributed by atoms with E-state index in [9.17, 15) is 9.59 Å². The molecule has 0 bridgehead atoms. The molecule has 29 heavy (non-hydrogen) atoms. The SMILES string of the molecule is CC(C)(C)OC(=O)N1CCc2nc(NC(=O)c3csc(-c4cccs4)n3)sc2C1. The summed E-state index contributed by atoms with van der Waals surface area (Å²) in [7, 11) is 0. The van der Waals surface area contributed by atoms with Crippen LogP contribution in [0.5, 0.6) is 0 Å². The second kappa shape index (κ2) is 7.85. The summed E-state index contributed by atoms with van der Waals surface area (Å²) in [4.78, 5) is 37.5. The average molecular weight is 449 g/mol. The van der Waals surface area contributed by atoms with E-state index >= 15 is 0 Å². The molecule has 3 aromatic heterocycles. The van der Waals surface area contributed by atoms with Gasteiger partial charge in [-0.15, -0.1) is 22.7 Å². The Balaban J connectivity index is 1.42. The number of anilines is 1. The minimum Gasteiger partial charge on any atom is -0.444 e. The van der Waals surface area contributed by atoms with E-state index in [1.54, 1.807) is 21.6 Å². The van der Waals surface area contributed by atoms with Crippen LogP contribution in [-0.4, -0.2) is 39.0 Å². The summed E-state index contributed by atoms with van der Waals surface area (Å²) in [5, 5.41) is 7.93. The lowest BCUT2D eigenvalue weighted by molar-refractivity contribution is 0.0225. The third-order valence-corrected chi connectivity index (χ3v) is 6.95. The Kier molecular flexibility index (Phi) is 5.41. The van der Waals surface area contributed by atoms with E-state index in [1.807, 2.05) is 38.3 Å². The standard InChI is InChI=1S/C19H20N4O3S3/c1-19(2,3)26-18(25)23-7-6-11-14(9-23)29-17(21-11)22-15(24)12-10-28-16(20-12)13-5-4-8-27-13/h4-5,8,10H,6-7,9H2,1-3H3,(H,21,22,24). The Morgan fingerprint density at radius 3 is 2.79 bits per heavy atom. The van der Waals surface area contributed by atoms with Gasteiger partial charge in [0.25, 0.3) is 5.91 Å². The lowest BCUT2D eigenvalue weighted by Gasteiger charge is -2.29. The number of nitrogens with one attached hydrogen (secondary N) is 1. The minimum atomic E-state index is -0.528. The Morgan fingerprint density at radius 1 is 1.24 bits per heavy atom. The molecular formula is C19H20N4O3S3. The maximum Gasteiger partial charge on any atom is 0.410 e. The van der Waals surface area contributed by atoms with Gasteiger partial charge in [-0.2, -0.15) is 0 Å². The highest BCUT2D eigenvalue weighted by atomic mass is 32.1. The highest BCUT2D eigenvalue weighted by Crippen LogP contribution is 2.31. The molecule has 0 saturated carbocycles. The summed E-state index contributed by atoms with van der Waals surface area (Å²) in [6.07, 6.45) is 0.311. The predicted molar refractivity (Wildman–Crippen MR) is 116 cm³/mol. The van der Waals surface area contributed by atoms with Crippen LogP contribution in [0.4, 0.5) is 9.93 Å². The van der Waals surface area contributed by atoms with Crippen molar-refractivity contribution in [3.63, 3.8) is 0 Å². The molecule has 0 spiro atoms. The van der Waals surface area contributed by atoms with Crippen molar-refractivity contribution in [3.05, 3.63) is 39.2 Å². The molecule has 4 heterocycles. The molecule has 0 aromatic carbocycles. The topological polar surface area (TPSA) is 84.4 Å². The number of thiophene rings is 1. The molecule has 0 saturated heterocycles. The van der Waals surface area contributed by atoms with Crippen LogP contribution in [0.15, 0.2) is 22.9 Å². The van der Waals surface area contributed by atoms with Gasteiger partial charge in [-0.05, 0) is 32.2 Å². The minimum absolute atomic E-state index is 0.279. The zero-order valence-electron chi connectivity index (χ0n) is 16.2. The summed E-state index contributed by atoms with van der Waals surface area (Å²) >= 11 is 4.42. The number of hydrogen-bond donors (Lipinski definition) is 1. The highest BCUT2D eigenvalue weighted by Gasteiger charge is 2.28. The zero-order chi connectivity index (χ0) is 20.6. The van der Waals surface area contributed by atoms with E-state index in [0.29, 0.717) is 30.3 Å². The highest BCUT2D eigenvalue weighted by molar-refractivity contribution is 7.20. The van der Waals surface area contributed by atoms with E-state index in [-0.39, 0.29) is 12.0 Å². The molecule has 0 aliphatic carbocycles. The Bertz CT molecular complexity index is 1030. The zero-order valence-corrected chi connectivity index (χ0v) is 18.7. The number of nitrogens with zero attached hydrogens (tertiary/aromatic N) is 3. The van der Waals surface area contributed by atoms with E-state index < -0.39 is 5.60 Å². The smallest absolute Gasteiger partial charge is 0.410 e. The van der Waals surface area contributed by atoms with E-state index in [4.69, 9.17) is 4.74 Å². The van der Waals surface area contributed by atoms with Gasteiger partial charge in [0.2, 0.25) is 0 Å². The molecule has 0 fully saturated rings. The van der Waals surface area contributed by atoms with Gasteiger partial charge in [0.15, 0.2) is 5.13 Å². The van der Waals surface area contributed by atoms with Crippen molar-refractivity contribution < 1.29 is 14.3 Å². The van der Waals surface area contributed by atoms with E-state index in [1.165, 1.54) is 22.7 Å². The molecule has 0 atom stereocenters. The number of amides is 2. The van der Waals surface area contributed by atoms with Gasteiger partial charge in [-0.1, -0.05) is 17.4 Å². The van der Waals surface area contributed by atoms with Gasteiger partial charge in [0.05, 0.1) is 17.1 Å². The Labute approximate surface area is 180 Å². The number of carbonyl (C=O) groups is 2. The van der Waals surface area contributed by atoms with Crippen LogP contribution >= 0.6 is 34.0 Å². The van der Waals surface area contributed by atoms with Gasteiger partial charge in [0.1, 0.15) is 16.3 Å². The largest absolute Gasteiger partial charge is 0.444 e. The van der Waals surface area contributed by atoms with Gasteiger partial charge in [-0.25, -0.2) is 14.8 Å². The van der Waals surface area contributed by atoms with Crippen molar-refractivity contribution in [2.45, 2.75) is 39.3 Å². The van der Waals surface area contributed by atoms with Crippen molar-refractivity contribution in [2.75, 3.05) is 11.9 Å². The number of hydrogen-bond acceptors (Lipinski definition) is 8. The third-order valence-electron chi connectivity index (χ3n) is 4.07. The molecule has 3 aromatic rings. The van der Waals surface area contributed by atoms with Crippen molar-refractivity contribution in [3.8, 4) is 9.88 Å². The van der Waals surface area contributed by atoms with E-state index in [0.717, 1.165) is 20.5 Å². The van der Waals surface area contributed by atoms with Crippen LogP contribution in [0.25, 0.3) is 9.88 Å². The summed E-state index contributed by atoms with van der Waals surface area (Å²) in [5.41, 5.74) is 0.768. The van der Waals surface area contributed by atoms with Gasteiger partial charge >= 0.3 is 6.09 Å². The quantitative estimate of drug-likeness (QED) is 0.618. The second-order valence-corrected chi connectivity index (χ2v) is 10.4. The van der Waals surface area contributed by atoms with Crippen LogP contribution in [0.1, 0.15) is 41.8 Å². The maximum atomic E-state index is 12.6. The molecular weight excluding hydrogens is 428 g/mol. The van der Waals surface area contributed by atoms with E-state index in [2.05, 4.69) is 15.3 Å². The van der Waals surface area contributed by atoms with Crippen molar-refractivity contribution in [2.24, 2.45) is 0 Å². The summed E-state index contributed by atoms with van der Waals surface area (Å²) in [6, 6.07) is 3.94. The Hall–Kier alpha value is -2.30. The molecule has 1 aliphatic heterocycles. The molecule has 152 valence electrons. The van der Waals surface area contributed by atoms with Gasteiger partial charge in [0, 0.05) is 23.2 Å². The first-order chi connectivity index (χ1) is 13.8. The normalized spacial score (nSPS) is 13.8. The number of carbonyl (C=O) groups excluding carboxylic acids is 2. The summed E-state index contributed by atoms with van der Waals surface area (Å²) < 4.78 is 5.45. The molecule has 7 nitrogen and oxygen atoms in total. The van der Waals surface area contributed by atoms with Crippen LogP contribution in [0.3, 0.4) is 0 Å². The first-order valence-corrected chi connectivity index (χ1v) is 11.6. The van der Waals surface area contributed by atoms with Crippen LogP contribution in [-0.2, 0) is 17.7 Å². The third kappa shape index (κ3) is 4.65. The summed E-state index contributed by atoms with van der Waals surface area (Å²) in [6.45, 7) is 6.54. The molecule has 0 radical (unpaired) electrons. The predicted octanol–water partition coefficient (Wildman–Crippen LogP) is 4.87.